The van der Waals surface area contributed by atoms with E-state index in [1.54, 1.807) is 31.2 Å². The Balaban J connectivity index is 2.15. The third-order valence-electron chi connectivity index (χ3n) is 3.00. The number of hydrogen-bond donors (Lipinski definition) is 1. The van der Waals surface area contributed by atoms with Gasteiger partial charge in [0.2, 0.25) is 0 Å². The van der Waals surface area contributed by atoms with Crippen LogP contribution in [0.1, 0.15) is 27.0 Å². The van der Waals surface area contributed by atoms with Crippen LogP contribution in [0.4, 0.5) is 4.39 Å². The first kappa shape index (κ1) is 15.1. The summed E-state index contributed by atoms with van der Waals surface area (Å²) < 4.78 is 13.2. The van der Waals surface area contributed by atoms with Gasteiger partial charge < -0.3 is 5.11 Å². The van der Waals surface area contributed by atoms with Crippen molar-refractivity contribution in [1.29, 1.82) is 5.26 Å². The van der Waals surface area contributed by atoms with Crippen molar-refractivity contribution in [3.8, 4) is 6.07 Å². The summed E-state index contributed by atoms with van der Waals surface area (Å²) in [7, 11) is 0. The molecule has 21 heavy (non-hydrogen) atoms. The van der Waals surface area contributed by atoms with Crippen LogP contribution in [0.5, 0.6) is 0 Å². The number of nitrogens with zero attached hydrogens (tertiary/aromatic N) is 1. The molecule has 0 heterocycles. The zero-order valence-electron chi connectivity index (χ0n) is 11.3. The Morgan fingerprint density at radius 2 is 2.10 bits per heavy atom. The van der Waals surface area contributed by atoms with Crippen molar-refractivity contribution in [2.75, 3.05) is 0 Å². The summed E-state index contributed by atoms with van der Waals surface area (Å²) in [6.07, 6.45) is 0. The number of rotatable bonds is 4. The van der Waals surface area contributed by atoms with Gasteiger partial charge in [0.05, 0.1) is 11.1 Å². The highest BCUT2D eigenvalue weighted by Crippen LogP contribution is 2.25. The first-order valence-electron chi connectivity index (χ1n) is 6.16. The highest BCUT2D eigenvalue weighted by Gasteiger charge is 2.09. The summed E-state index contributed by atoms with van der Waals surface area (Å²) in [5, 5.41) is 17.9. The van der Waals surface area contributed by atoms with E-state index in [1.807, 2.05) is 6.07 Å². The summed E-state index contributed by atoms with van der Waals surface area (Å²) >= 11 is 1.44. The number of halogens is 1. The molecule has 0 radical (unpaired) electrons. The molecule has 5 heteroatoms. The number of carbonyl (C=O) groups is 1. The lowest BCUT2D eigenvalue weighted by molar-refractivity contribution is 0.0696. The van der Waals surface area contributed by atoms with Crippen molar-refractivity contribution in [2.45, 2.75) is 17.6 Å². The molecule has 0 unspecified atom stereocenters. The van der Waals surface area contributed by atoms with Crippen molar-refractivity contribution in [3.63, 3.8) is 0 Å². The van der Waals surface area contributed by atoms with Crippen LogP contribution < -0.4 is 0 Å². The van der Waals surface area contributed by atoms with Crippen molar-refractivity contribution in [1.82, 2.24) is 0 Å². The molecule has 0 aliphatic rings. The van der Waals surface area contributed by atoms with Gasteiger partial charge in [-0.1, -0.05) is 12.1 Å². The van der Waals surface area contributed by atoms with E-state index in [0.717, 1.165) is 10.5 Å². The maximum absolute atomic E-state index is 13.2. The van der Waals surface area contributed by atoms with E-state index in [0.29, 0.717) is 11.3 Å². The van der Waals surface area contributed by atoms with E-state index in [-0.39, 0.29) is 11.1 Å². The molecule has 2 rings (SSSR count). The van der Waals surface area contributed by atoms with E-state index < -0.39 is 11.8 Å². The van der Waals surface area contributed by atoms with E-state index in [4.69, 9.17) is 10.4 Å². The number of hydrogen-bond acceptors (Lipinski definition) is 3. The van der Waals surface area contributed by atoms with Crippen LogP contribution in [0.3, 0.4) is 0 Å². The molecule has 0 amide bonds. The molecular weight excluding hydrogens is 289 g/mol. The van der Waals surface area contributed by atoms with Crippen LogP contribution in [0.2, 0.25) is 0 Å². The molecule has 0 spiro atoms. The molecular formula is C16H12FNO2S. The van der Waals surface area contributed by atoms with Crippen molar-refractivity contribution in [3.05, 3.63) is 64.5 Å². The number of aryl methyl sites for hydroxylation is 1. The zero-order valence-corrected chi connectivity index (χ0v) is 12.1. The van der Waals surface area contributed by atoms with Gasteiger partial charge in [0.15, 0.2) is 0 Å². The predicted octanol–water partition coefficient (Wildman–Crippen LogP) is 4.00. The summed E-state index contributed by atoms with van der Waals surface area (Å²) in [5.74, 6) is -0.949. The summed E-state index contributed by atoms with van der Waals surface area (Å²) in [4.78, 5) is 11.9. The van der Waals surface area contributed by atoms with Crippen molar-refractivity contribution in [2.24, 2.45) is 0 Å². The van der Waals surface area contributed by atoms with Crippen LogP contribution in [-0.2, 0) is 5.75 Å². The Hall–Kier alpha value is -2.32. The van der Waals surface area contributed by atoms with Crippen LogP contribution in [0.25, 0.3) is 0 Å². The minimum atomic E-state index is -0.955. The molecule has 106 valence electrons. The average Bonchev–Trinajstić information content (AvgIpc) is 2.47. The predicted molar refractivity (Wildman–Crippen MR) is 78.8 cm³/mol. The maximum Gasteiger partial charge on any atom is 0.335 e. The number of thioether (sulfide) groups is 1. The van der Waals surface area contributed by atoms with Gasteiger partial charge in [0.1, 0.15) is 11.9 Å². The number of nitriles is 1. The van der Waals surface area contributed by atoms with Crippen LogP contribution in [0.15, 0.2) is 41.3 Å². The van der Waals surface area contributed by atoms with Gasteiger partial charge in [-0.25, -0.2) is 9.18 Å². The van der Waals surface area contributed by atoms with E-state index in [9.17, 15) is 9.18 Å². The molecule has 2 aromatic carbocycles. The van der Waals surface area contributed by atoms with Gasteiger partial charge in [-0.3, -0.25) is 0 Å². The second-order valence-electron chi connectivity index (χ2n) is 4.50. The second kappa shape index (κ2) is 6.42. The molecule has 0 bridgehead atoms. The quantitative estimate of drug-likeness (QED) is 0.867. The van der Waals surface area contributed by atoms with E-state index >= 15 is 0 Å². The van der Waals surface area contributed by atoms with E-state index in [2.05, 4.69) is 0 Å². The molecule has 0 saturated carbocycles. The fraction of sp³-hybridized carbons (Fsp3) is 0.125. The fourth-order valence-corrected chi connectivity index (χ4v) is 2.71. The molecule has 0 atom stereocenters. The van der Waals surface area contributed by atoms with Gasteiger partial charge in [-0.2, -0.15) is 5.26 Å². The minimum Gasteiger partial charge on any atom is -0.478 e. The summed E-state index contributed by atoms with van der Waals surface area (Å²) in [6.45, 7) is 1.75. The monoisotopic (exact) mass is 301 g/mol. The Kier molecular flexibility index (Phi) is 4.61. The zero-order chi connectivity index (χ0) is 15.4. The molecule has 2 aromatic rings. The molecule has 0 fully saturated rings. The molecule has 1 N–H and O–H groups in total. The normalized spacial score (nSPS) is 10.1. The third-order valence-corrected chi connectivity index (χ3v) is 4.06. The third kappa shape index (κ3) is 3.61. The molecule has 0 aliphatic heterocycles. The lowest BCUT2D eigenvalue weighted by Crippen LogP contribution is -1.99. The first-order valence-corrected chi connectivity index (χ1v) is 7.15. The summed E-state index contributed by atoms with van der Waals surface area (Å²) in [5.41, 5.74) is 1.82. The number of carboxylic acid groups (broad SMARTS) is 1. The molecule has 0 saturated heterocycles. The molecule has 0 aliphatic carbocycles. The van der Waals surface area contributed by atoms with Gasteiger partial charge in [-0.15, -0.1) is 11.8 Å². The lowest BCUT2D eigenvalue weighted by Gasteiger charge is -2.06. The second-order valence-corrected chi connectivity index (χ2v) is 5.55. The van der Waals surface area contributed by atoms with Crippen LogP contribution >= 0.6 is 11.8 Å². The Bertz CT molecular complexity index is 738. The first-order chi connectivity index (χ1) is 10.0. The summed E-state index contributed by atoms with van der Waals surface area (Å²) in [6, 6.07) is 11.4. The Labute approximate surface area is 126 Å². The molecule has 0 aromatic heterocycles. The topological polar surface area (TPSA) is 61.1 Å². The molecule has 3 nitrogen and oxygen atoms in total. The number of benzene rings is 2. The standard InChI is InChI=1S/C16H12FNO2S/c1-10-2-4-13(7-14(10)16(19)20)21-9-11-3-5-15(17)12(6-11)8-18/h2-7H,9H2,1H3,(H,19,20). The average molecular weight is 301 g/mol. The van der Waals surface area contributed by atoms with Crippen LogP contribution in [-0.4, -0.2) is 11.1 Å². The number of aromatic carboxylic acids is 1. The van der Waals surface area contributed by atoms with Crippen molar-refractivity contribution < 1.29 is 14.3 Å². The largest absolute Gasteiger partial charge is 0.478 e. The van der Waals surface area contributed by atoms with Gasteiger partial charge in [0.25, 0.3) is 0 Å². The maximum atomic E-state index is 13.2. The Morgan fingerprint density at radius 1 is 1.33 bits per heavy atom. The Morgan fingerprint density at radius 3 is 2.76 bits per heavy atom. The minimum absolute atomic E-state index is 0.0169. The van der Waals surface area contributed by atoms with Gasteiger partial charge in [0, 0.05) is 10.6 Å². The van der Waals surface area contributed by atoms with E-state index in [1.165, 1.54) is 23.9 Å². The fourth-order valence-electron chi connectivity index (χ4n) is 1.84. The highest BCUT2D eigenvalue weighted by molar-refractivity contribution is 7.98. The smallest absolute Gasteiger partial charge is 0.335 e. The van der Waals surface area contributed by atoms with Crippen molar-refractivity contribution >= 4 is 17.7 Å². The lowest BCUT2D eigenvalue weighted by atomic mass is 10.1. The highest BCUT2D eigenvalue weighted by atomic mass is 32.2. The van der Waals surface area contributed by atoms with Crippen LogP contribution in [0, 0.1) is 24.1 Å². The van der Waals surface area contributed by atoms with Gasteiger partial charge in [-0.05, 0) is 42.3 Å². The van der Waals surface area contributed by atoms with Gasteiger partial charge >= 0.3 is 5.97 Å². The number of carboxylic acids is 1. The SMILES string of the molecule is Cc1ccc(SCc2ccc(F)c(C#N)c2)cc1C(=O)O.